The topological polar surface area (TPSA) is 122 Å². The molecule has 1 aromatic heterocycles. The number of carbonyl (C=O) groups excluding carboxylic acids is 2. The van der Waals surface area contributed by atoms with Crippen LogP contribution >= 0.6 is 0 Å². The molecule has 1 amide bonds. The molecule has 0 aliphatic carbocycles. The number of allylic oxidation sites excluding steroid dienone is 3. The lowest BCUT2D eigenvalue weighted by Crippen LogP contribution is -2.54. The maximum atomic E-state index is 13.3. The second kappa shape index (κ2) is 16.5. The van der Waals surface area contributed by atoms with E-state index in [0.717, 1.165) is 50.4 Å². The summed E-state index contributed by atoms with van der Waals surface area (Å²) in [6, 6.07) is 6.30. The van der Waals surface area contributed by atoms with Crippen LogP contribution < -0.4 is 0 Å². The molecule has 45 heavy (non-hydrogen) atoms. The maximum Gasteiger partial charge on any atom is 0.410 e. The number of cyclic esters (lactones) is 1. The third-order valence-electron chi connectivity index (χ3n) is 9.19. The minimum atomic E-state index is -1.45. The van der Waals surface area contributed by atoms with Crippen LogP contribution in [0.4, 0.5) is 4.79 Å². The van der Waals surface area contributed by atoms with Crippen LogP contribution in [0.15, 0.2) is 60.3 Å². The van der Waals surface area contributed by atoms with Gasteiger partial charge in [-0.15, -0.1) is 0 Å². The number of aromatic nitrogens is 1. The molecule has 0 saturated carbocycles. The normalized spacial score (nSPS) is 31.5. The summed E-state index contributed by atoms with van der Waals surface area (Å²) >= 11 is 0. The molecule has 10 heteroatoms. The Balaban J connectivity index is 1.46. The molecule has 10 nitrogen and oxygen atoms in total. The largest absolute Gasteiger partial charge is 0.457 e. The van der Waals surface area contributed by atoms with Gasteiger partial charge in [0.2, 0.25) is 0 Å². The number of aliphatic hydroxyl groups is 2. The average molecular weight is 626 g/mol. The number of rotatable bonds is 6. The van der Waals surface area contributed by atoms with E-state index in [9.17, 15) is 19.8 Å². The van der Waals surface area contributed by atoms with Gasteiger partial charge in [-0.25, -0.2) is 4.79 Å². The zero-order valence-corrected chi connectivity index (χ0v) is 27.2. The van der Waals surface area contributed by atoms with Crippen molar-refractivity contribution in [3.8, 4) is 0 Å². The van der Waals surface area contributed by atoms with Gasteiger partial charge >= 0.3 is 12.1 Å². The van der Waals surface area contributed by atoms with E-state index < -0.39 is 36.0 Å². The first-order valence-electron chi connectivity index (χ1n) is 16.3. The smallest absolute Gasteiger partial charge is 0.410 e. The van der Waals surface area contributed by atoms with E-state index >= 15 is 0 Å². The number of hydrogen-bond donors (Lipinski definition) is 2. The van der Waals surface area contributed by atoms with Crippen LogP contribution in [-0.4, -0.2) is 106 Å². The van der Waals surface area contributed by atoms with E-state index in [-0.39, 0.29) is 31.1 Å². The van der Waals surface area contributed by atoms with Gasteiger partial charge in [-0.1, -0.05) is 44.2 Å². The van der Waals surface area contributed by atoms with Gasteiger partial charge in [0.25, 0.3) is 0 Å². The Bertz CT molecular complexity index is 1190. The van der Waals surface area contributed by atoms with E-state index in [4.69, 9.17) is 14.2 Å². The first-order chi connectivity index (χ1) is 21.5. The molecule has 0 radical (unpaired) electrons. The Labute approximate surface area is 267 Å². The molecule has 6 atom stereocenters. The van der Waals surface area contributed by atoms with Gasteiger partial charge in [0.05, 0.1) is 12.5 Å². The fourth-order valence-electron chi connectivity index (χ4n) is 6.17. The fourth-order valence-corrected chi connectivity index (χ4v) is 6.17. The highest BCUT2D eigenvalue weighted by molar-refractivity contribution is 5.70. The van der Waals surface area contributed by atoms with Crippen LogP contribution in [0, 0.1) is 5.92 Å². The maximum absolute atomic E-state index is 13.3. The third kappa shape index (κ3) is 10.2. The van der Waals surface area contributed by atoms with Crippen molar-refractivity contribution < 1.29 is 34.0 Å². The molecule has 3 aliphatic heterocycles. The molecule has 2 fully saturated rings. The highest BCUT2D eigenvalue weighted by Gasteiger charge is 2.37. The lowest BCUT2D eigenvalue weighted by atomic mass is 9.88. The number of carbonyl (C=O) groups is 2. The van der Waals surface area contributed by atoms with Gasteiger partial charge in [0, 0.05) is 69.2 Å². The number of aliphatic hydroxyl groups excluding tert-OH is 1. The van der Waals surface area contributed by atoms with E-state index in [0.29, 0.717) is 19.1 Å². The lowest BCUT2D eigenvalue weighted by Gasteiger charge is -2.41. The van der Waals surface area contributed by atoms with E-state index in [2.05, 4.69) is 16.8 Å². The summed E-state index contributed by atoms with van der Waals surface area (Å²) in [4.78, 5) is 34.7. The van der Waals surface area contributed by atoms with Gasteiger partial charge in [-0.05, 0) is 63.3 Å². The van der Waals surface area contributed by atoms with Crippen LogP contribution in [0.25, 0.3) is 0 Å². The fraction of sp³-hybridized carbons (Fsp3) is 0.629. The molecule has 3 aliphatic rings. The first kappa shape index (κ1) is 34.8. The van der Waals surface area contributed by atoms with Crippen molar-refractivity contribution in [1.29, 1.82) is 0 Å². The molecule has 0 aromatic carbocycles. The Hall–Kier alpha value is -3.05. The monoisotopic (exact) mass is 625 g/mol. The van der Waals surface area contributed by atoms with Crippen molar-refractivity contribution >= 4 is 12.1 Å². The third-order valence-corrected chi connectivity index (χ3v) is 9.19. The van der Waals surface area contributed by atoms with Crippen molar-refractivity contribution in [2.75, 3.05) is 39.4 Å². The summed E-state index contributed by atoms with van der Waals surface area (Å²) in [6.07, 6.45) is 10.3. The van der Waals surface area contributed by atoms with Crippen LogP contribution in [0.2, 0.25) is 0 Å². The van der Waals surface area contributed by atoms with Crippen LogP contribution in [0.1, 0.15) is 71.4 Å². The zero-order valence-electron chi connectivity index (χ0n) is 27.2. The van der Waals surface area contributed by atoms with Gasteiger partial charge in [0.1, 0.15) is 11.7 Å². The lowest BCUT2D eigenvalue weighted by molar-refractivity contribution is -0.151. The number of amides is 1. The summed E-state index contributed by atoms with van der Waals surface area (Å²) < 4.78 is 17.3. The number of pyridine rings is 1. The Kier molecular flexibility index (Phi) is 12.8. The van der Waals surface area contributed by atoms with E-state index in [1.165, 1.54) is 0 Å². The van der Waals surface area contributed by atoms with Crippen LogP contribution in [-0.2, 0) is 19.0 Å². The van der Waals surface area contributed by atoms with Gasteiger partial charge in [0.15, 0.2) is 6.10 Å². The van der Waals surface area contributed by atoms with Gasteiger partial charge in [-0.2, -0.15) is 0 Å². The molecule has 2 N–H and O–H groups in total. The summed E-state index contributed by atoms with van der Waals surface area (Å²) in [7, 11) is 0. The molecule has 4 rings (SSSR count). The molecule has 2 saturated heterocycles. The van der Waals surface area contributed by atoms with Crippen molar-refractivity contribution in [3.05, 3.63) is 66.0 Å². The predicted octanol–water partition coefficient (Wildman–Crippen LogP) is 4.39. The second-order valence-electron chi connectivity index (χ2n) is 12.9. The highest BCUT2D eigenvalue weighted by Crippen LogP contribution is 2.28. The zero-order chi connectivity index (χ0) is 32.4. The molecular formula is C35H51N3O7. The Morgan fingerprint density at radius 2 is 1.89 bits per heavy atom. The van der Waals surface area contributed by atoms with Crippen molar-refractivity contribution in [1.82, 2.24) is 14.8 Å². The molecule has 0 unspecified atom stereocenters. The molecule has 248 valence electrons. The van der Waals surface area contributed by atoms with Gasteiger partial charge in [-0.3, -0.25) is 14.7 Å². The summed E-state index contributed by atoms with van der Waals surface area (Å²) in [5.74, 6) is -0.707. The number of piperazine rings is 1. The van der Waals surface area contributed by atoms with E-state index in [1.807, 2.05) is 56.4 Å². The number of nitrogens with zero attached hydrogens (tertiary/aromatic N) is 3. The minimum absolute atomic E-state index is 0.101. The van der Waals surface area contributed by atoms with Crippen LogP contribution in [0.5, 0.6) is 0 Å². The number of esters is 1. The molecule has 0 bridgehead atoms. The second-order valence-corrected chi connectivity index (χ2v) is 12.9. The minimum Gasteiger partial charge on any atom is -0.457 e. The SMILES string of the molecule is C/C(=C\C=C\[C@@H](C)c1ccccn1)[C@H]1OC(=O)C[C@H](O)CC[C@@](C)(O)[C@@H](OC(=O)N2CCN(C3CCOCC3)CC2)/C=C\[C@@H]1C. The molecular weight excluding hydrogens is 574 g/mol. The average Bonchev–Trinajstić information content (AvgIpc) is 3.04. The predicted molar refractivity (Wildman–Crippen MR) is 171 cm³/mol. The Morgan fingerprint density at radius 3 is 2.58 bits per heavy atom. The Morgan fingerprint density at radius 1 is 1.16 bits per heavy atom. The molecule has 1 aromatic rings. The highest BCUT2D eigenvalue weighted by atomic mass is 16.6. The molecule has 4 heterocycles. The van der Waals surface area contributed by atoms with Crippen molar-refractivity contribution in [2.45, 2.75) is 95.7 Å². The van der Waals surface area contributed by atoms with Crippen molar-refractivity contribution in [3.63, 3.8) is 0 Å². The van der Waals surface area contributed by atoms with E-state index in [1.54, 1.807) is 24.1 Å². The van der Waals surface area contributed by atoms with Gasteiger partial charge < -0.3 is 29.3 Å². The molecule has 0 spiro atoms. The quantitative estimate of drug-likeness (QED) is 0.269. The number of ether oxygens (including phenoxy) is 3. The van der Waals surface area contributed by atoms with Crippen LogP contribution in [0.3, 0.4) is 0 Å². The summed E-state index contributed by atoms with van der Waals surface area (Å²) in [5.41, 5.74) is 0.320. The van der Waals surface area contributed by atoms with Crippen molar-refractivity contribution in [2.24, 2.45) is 5.92 Å². The number of hydrogen-bond acceptors (Lipinski definition) is 9. The summed E-state index contributed by atoms with van der Waals surface area (Å²) in [6.45, 7) is 11.7. The summed E-state index contributed by atoms with van der Waals surface area (Å²) in [5, 5.41) is 22.1. The first-order valence-corrected chi connectivity index (χ1v) is 16.3. The standard InChI is InChI=1S/C35H51N3O7/c1-25(30-10-5-6-17-36-30)8-7-9-26(2)33-27(3)11-12-31(35(4,42)16-13-29(39)24-32(40)45-33)44-34(41)38-20-18-37(19-21-38)28-14-22-43-23-15-28/h5-12,17,25,27-29,31,33,39,42H,13-16,18-24H2,1-4H3/b8-7+,12-11-,26-9+/t25-,27+,29-,31+,33-,35-/m1/s1.